The van der Waals surface area contributed by atoms with E-state index in [1.54, 1.807) is 0 Å². The summed E-state index contributed by atoms with van der Waals surface area (Å²) in [7, 11) is -1.34. The van der Waals surface area contributed by atoms with E-state index in [0.717, 1.165) is 40.1 Å². The van der Waals surface area contributed by atoms with Gasteiger partial charge in [-0.15, -0.1) is 54.1 Å². The predicted molar refractivity (Wildman–Crippen MR) is 271 cm³/mol. The van der Waals surface area contributed by atoms with Crippen LogP contribution in [0, 0.1) is 18.1 Å². The molecule has 0 aliphatic carbocycles. The maximum absolute atomic E-state index is 5.31. The van der Waals surface area contributed by atoms with E-state index in [2.05, 4.69) is 204 Å². The second-order valence-corrected chi connectivity index (χ2v) is 24.8. The molecular formula is C57H55IrN3SSi-2. The molecule has 0 aliphatic rings. The van der Waals surface area contributed by atoms with Crippen molar-refractivity contribution in [3.8, 4) is 28.3 Å². The van der Waals surface area contributed by atoms with E-state index in [9.17, 15) is 0 Å². The number of hydrogen-bond acceptors (Lipinski definition) is 3. The molecule has 3 nitrogen and oxygen atoms in total. The Morgan fingerprint density at radius 3 is 2.08 bits per heavy atom. The van der Waals surface area contributed by atoms with Crippen molar-refractivity contribution in [2.45, 2.75) is 79.4 Å². The monoisotopic (exact) mass is 1030 g/mol. The zero-order valence-corrected chi connectivity index (χ0v) is 42.0. The summed E-state index contributed by atoms with van der Waals surface area (Å²) in [6, 6.07) is 54.8. The van der Waals surface area contributed by atoms with E-state index < -0.39 is 8.07 Å². The third kappa shape index (κ3) is 8.59. The van der Waals surface area contributed by atoms with Gasteiger partial charge in [0.25, 0.3) is 0 Å². The standard InChI is InChI=1S/C39H31N2S.C18H24NSi.Ir/c1-23(2)27-13-9-14-28(24(3)4)37(27)41-35-18-8-7-17-34(35)40-39(41)31-16-10-15-30-33-22-32-26(21-36(33)42-38(30)31)20-19-25-11-5-6-12-29(25)32;1-14(2)11-16-12-17(15-9-7-6-8-10-15)19-13-18(16)20(3,4)5;/h5-15,17-24H,1-4H3;6-9,12-14H,11H2,1-5H3;/q2*-1;. The Balaban J connectivity index is 0.000000219. The maximum atomic E-state index is 5.31. The van der Waals surface area contributed by atoms with Crippen LogP contribution in [0.2, 0.25) is 19.6 Å². The molecule has 63 heavy (non-hydrogen) atoms. The maximum Gasteiger partial charge on any atom is 0.0798 e. The number of imidazole rings is 1. The molecule has 10 aromatic rings. The van der Waals surface area contributed by atoms with Gasteiger partial charge in [-0.3, -0.25) is 4.98 Å². The van der Waals surface area contributed by atoms with Gasteiger partial charge in [0.2, 0.25) is 0 Å². The molecule has 3 heterocycles. The number of pyridine rings is 1. The topological polar surface area (TPSA) is 30.7 Å². The number of para-hydroxylation sites is 3. The van der Waals surface area contributed by atoms with E-state index in [-0.39, 0.29) is 20.1 Å². The van der Waals surface area contributed by atoms with Gasteiger partial charge in [0.15, 0.2) is 0 Å². The van der Waals surface area contributed by atoms with Gasteiger partial charge in [-0.2, -0.15) is 11.3 Å². The average Bonchev–Trinajstić information content (AvgIpc) is 3.83. The van der Waals surface area contributed by atoms with Crippen LogP contribution in [0.3, 0.4) is 0 Å². The second kappa shape index (κ2) is 18.1. The third-order valence-corrected chi connectivity index (χ3v) is 15.3. The molecule has 6 heteroatoms. The van der Waals surface area contributed by atoms with Crippen LogP contribution in [0.25, 0.3) is 81.1 Å². The van der Waals surface area contributed by atoms with Gasteiger partial charge in [-0.1, -0.05) is 150 Å². The zero-order valence-electron chi connectivity index (χ0n) is 37.8. The first kappa shape index (κ1) is 44.4. The molecule has 0 aliphatic heterocycles. The molecule has 0 unspecified atom stereocenters. The molecule has 10 rings (SSSR count). The molecule has 0 amide bonds. The molecular weight excluding hydrogens is 979 g/mol. The van der Waals surface area contributed by atoms with Crippen LogP contribution < -0.4 is 5.19 Å². The zero-order chi connectivity index (χ0) is 43.3. The number of nitrogens with zero attached hydrogens (tertiary/aromatic N) is 3. The number of benzene rings is 7. The van der Waals surface area contributed by atoms with Crippen LogP contribution >= 0.6 is 11.3 Å². The molecule has 0 spiro atoms. The van der Waals surface area contributed by atoms with Crippen LogP contribution in [0.1, 0.15) is 70.1 Å². The Morgan fingerprint density at radius 2 is 1.37 bits per heavy atom. The minimum Gasteiger partial charge on any atom is -0.333 e. The van der Waals surface area contributed by atoms with E-state index in [0.29, 0.717) is 17.8 Å². The first-order valence-electron chi connectivity index (χ1n) is 22.1. The van der Waals surface area contributed by atoms with Crippen molar-refractivity contribution >= 4 is 77.3 Å². The quantitative estimate of drug-likeness (QED) is 0.0863. The van der Waals surface area contributed by atoms with E-state index in [1.165, 1.54) is 69.3 Å². The summed E-state index contributed by atoms with van der Waals surface area (Å²) in [5.74, 6) is 2.37. The largest absolute Gasteiger partial charge is 0.333 e. The minimum atomic E-state index is -1.34. The molecule has 3 aromatic heterocycles. The molecule has 0 bridgehead atoms. The van der Waals surface area contributed by atoms with Gasteiger partial charge in [0, 0.05) is 36.7 Å². The number of rotatable bonds is 8. The van der Waals surface area contributed by atoms with Crippen molar-refractivity contribution in [3.63, 3.8) is 0 Å². The molecule has 0 atom stereocenters. The van der Waals surface area contributed by atoms with Crippen molar-refractivity contribution in [1.29, 1.82) is 0 Å². The summed E-state index contributed by atoms with van der Waals surface area (Å²) >= 11 is 1.85. The van der Waals surface area contributed by atoms with Crippen molar-refractivity contribution in [2.75, 3.05) is 0 Å². The van der Waals surface area contributed by atoms with Gasteiger partial charge in [0.05, 0.1) is 24.9 Å². The normalized spacial score (nSPS) is 11.9. The Morgan fingerprint density at radius 1 is 0.651 bits per heavy atom. The van der Waals surface area contributed by atoms with E-state index >= 15 is 0 Å². The summed E-state index contributed by atoms with van der Waals surface area (Å²) in [6.07, 6.45) is 3.24. The number of fused-ring (bicyclic) bond motifs is 7. The van der Waals surface area contributed by atoms with Gasteiger partial charge < -0.3 is 9.55 Å². The van der Waals surface area contributed by atoms with Gasteiger partial charge in [0.1, 0.15) is 0 Å². The van der Waals surface area contributed by atoms with Crippen LogP contribution in [0.4, 0.5) is 0 Å². The third-order valence-electron chi connectivity index (χ3n) is 12.1. The molecule has 7 aromatic carbocycles. The van der Waals surface area contributed by atoms with E-state index in [1.807, 2.05) is 29.5 Å². The van der Waals surface area contributed by atoms with Crippen LogP contribution in [-0.2, 0) is 26.5 Å². The van der Waals surface area contributed by atoms with Gasteiger partial charge in [-0.25, -0.2) is 0 Å². The summed E-state index contributed by atoms with van der Waals surface area (Å²) in [6.45, 7) is 20.9. The summed E-state index contributed by atoms with van der Waals surface area (Å²) in [4.78, 5) is 10.0. The Labute approximate surface area is 391 Å². The van der Waals surface area contributed by atoms with Crippen LogP contribution in [-0.4, -0.2) is 22.6 Å². The predicted octanol–water partition coefficient (Wildman–Crippen LogP) is 15.7. The SMILES string of the molecule is CC(C)Cc1cc(-c2[c-]cccc2)ncc1[Si](C)(C)C.CC(C)c1cccc(C(C)C)c1-n1c(-c2[c-]ccc3c2sc2cc4ccc5ccccc5c4cc23)nc2ccccc21.[Ir]. The number of hydrogen-bond donors (Lipinski definition) is 0. The number of thiophene rings is 1. The average molecular weight is 1030 g/mol. The Bertz CT molecular complexity index is 3220. The second-order valence-electron chi connectivity index (χ2n) is 18.8. The summed E-state index contributed by atoms with van der Waals surface area (Å²) in [5, 5.41) is 9.20. The smallest absolute Gasteiger partial charge is 0.0798 e. The Hall–Kier alpha value is -5.23. The Kier molecular flexibility index (Phi) is 12.7. The first-order valence-corrected chi connectivity index (χ1v) is 26.4. The minimum absolute atomic E-state index is 0. The van der Waals surface area contributed by atoms with Crippen molar-refractivity contribution in [3.05, 3.63) is 168 Å². The summed E-state index contributed by atoms with van der Waals surface area (Å²) in [5.41, 5.74) is 10.7. The van der Waals surface area contributed by atoms with Crippen molar-refractivity contribution in [2.24, 2.45) is 5.92 Å². The van der Waals surface area contributed by atoms with Gasteiger partial charge in [-0.05, 0) is 102 Å². The van der Waals surface area contributed by atoms with E-state index in [4.69, 9.17) is 4.98 Å². The molecule has 0 saturated heterocycles. The first-order chi connectivity index (χ1) is 29.9. The molecule has 0 fully saturated rings. The summed E-state index contributed by atoms with van der Waals surface area (Å²) < 4.78 is 4.94. The molecule has 1 radical (unpaired) electrons. The molecule has 0 saturated carbocycles. The fourth-order valence-electron chi connectivity index (χ4n) is 9.08. The number of aromatic nitrogens is 3. The van der Waals surface area contributed by atoms with Crippen molar-refractivity contribution in [1.82, 2.24) is 14.5 Å². The fraction of sp³-hybridized carbons (Fsp3) is 0.228. The van der Waals surface area contributed by atoms with Crippen LogP contribution in [0.15, 0.2) is 140 Å². The fourth-order valence-corrected chi connectivity index (χ4v) is 11.9. The molecule has 0 N–H and O–H groups in total. The van der Waals surface area contributed by atoms with Gasteiger partial charge >= 0.3 is 0 Å². The molecule has 319 valence electrons. The van der Waals surface area contributed by atoms with Crippen LogP contribution in [0.5, 0.6) is 0 Å². The van der Waals surface area contributed by atoms with Crippen molar-refractivity contribution < 1.29 is 20.1 Å².